The van der Waals surface area contributed by atoms with Crippen molar-refractivity contribution in [2.75, 3.05) is 0 Å². The second kappa shape index (κ2) is 5.69. The van der Waals surface area contributed by atoms with Gasteiger partial charge in [-0.1, -0.05) is 34.6 Å². The van der Waals surface area contributed by atoms with Crippen molar-refractivity contribution in [3.8, 4) is 11.4 Å². The topological polar surface area (TPSA) is 52.8 Å². The van der Waals surface area contributed by atoms with E-state index >= 15 is 0 Å². The van der Waals surface area contributed by atoms with Crippen molar-refractivity contribution in [3.63, 3.8) is 0 Å². The minimum atomic E-state index is -3.57. The van der Waals surface area contributed by atoms with Gasteiger partial charge in [0.25, 0.3) is 0 Å². The van der Waals surface area contributed by atoms with Gasteiger partial charge in [0.1, 0.15) is 0 Å². The molecule has 5 nitrogen and oxygen atoms in total. The van der Waals surface area contributed by atoms with Crippen LogP contribution in [0.4, 0.5) is 8.78 Å². The molecule has 0 aliphatic rings. The van der Waals surface area contributed by atoms with Gasteiger partial charge in [0.15, 0.2) is 0 Å². The van der Waals surface area contributed by atoms with E-state index in [2.05, 4.69) is 20.4 Å². The Bertz CT molecular complexity index is 762. The highest BCUT2D eigenvalue weighted by Gasteiger charge is 2.36. The van der Waals surface area contributed by atoms with Gasteiger partial charge in [0, 0.05) is 10.6 Å². The second-order valence-corrected chi connectivity index (χ2v) is 4.79. The van der Waals surface area contributed by atoms with Gasteiger partial charge in [0.05, 0.1) is 5.56 Å². The summed E-state index contributed by atoms with van der Waals surface area (Å²) >= 11 is 5.79. The van der Waals surface area contributed by atoms with Crippen LogP contribution in [-0.4, -0.2) is 20.4 Å². The van der Waals surface area contributed by atoms with E-state index in [1.54, 1.807) is 30.3 Å². The molecular weight excluding hydrogens is 314 g/mol. The molecule has 2 aromatic carbocycles. The summed E-state index contributed by atoms with van der Waals surface area (Å²) in [6.45, 7) is 0. The molecule has 112 valence electrons. The average Bonchev–Trinajstić information content (AvgIpc) is 2.96. The van der Waals surface area contributed by atoms with Gasteiger partial charge in [-0.3, -0.25) is 0 Å². The van der Waals surface area contributed by atoms with Crippen molar-refractivity contribution < 1.29 is 13.6 Å². The molecule has 0 saturated carbocycles. The van der Waals surface area contributed by atoms with Crippen LogP contribution in [0.25, 0.3) is 11.4 Å². The first-order valence-electron chi connectivity index (χ1n) is 6.23. The number of benzene rings is 2. The zero-order valence-corrected chi connectivity index (χ0v) is 11.8. The lowest BCUT2D eigenvalue weighted by Crippen LogP contribution is -2.31. The first-order valence-corrected chi connectivity index (χ1v) is 6.61. The van der Waals surface area contributed by atoms with Crippen LogP contribution in [0.15, 0.2) is 54.6 Å². The summed E-state index contributed by atoms with van der Waals surface area (Å²) in [6, 6.07) is 13.5. The Hall–Kier alpha value is -2.54. The van der Waals surface area contributed by atoms with Crippen molar-refractivity contribution in [2.24, 2.45) is 0 Å². The summed E-state index contributed by atoms with van der Waals surface area (Å²) in [6.07, 6.45) is -3.57. The zero-order chi connectivity index (χ0) is 15.6. The number of nitrogens with zero attached hydrogens (tertiary/aromatic N) is 4. The lowest BCUT2D eigenvalue weighted by atomic mass is 10.2. The second-order valence-electron chi connectivity index (χ2n) is 4.36. The molecule has 0 aliphatic carbocycles. The summed E-state index contributed by atoms with van der Waals surface area (Å²) < 4.78 is 28.2. The van der Waals surface area contributed by atoms with Crippen molar-refractivity contribution in [2.45, 2.75) is 6.11 Å². The maximum atomic E-state index is 14.1. The van der Waals surface area contributed by atoms with E-state index in [4.69, 9.17) is 11.6 Å². The molecule has 0 radical (unpaired) electrons. The van der Waals surface area contributed by atoms with Gasteiger partial charge in [-0.2, -0.15) is 8.78 Å². The molecule has 1 heterocycles. The maximum absolute atomic E-state index is 14.1. The minimum Gasteiger partial charge on any atom is -0.316 e. The molecule has 0 bridgehead atoms. The Morgan fingerprint density at radius 2 is 1.68 bits per heavy atom. The third-order valence-corrected chi connectivity index (χ3v) is 3.11. The van der Waals surface area contributed by atoms with E-state index in [1.807, 2.05) is 0 Å². The standard InChI is InChI=1S/C14H9ClF2N4O/c15-12-8-6-10(7-9-12)13-18-19-20-21(13)22-14(16,17)11-4-2-1-3-5-11/h1-9H. The van der Waals surface area contributed by atoms with Crippen LogP contribution in [0.2, 0.25) is 5.02 Å². The van der Waals surface area contributed by atoms with Crippen LogP contribution in [0.1, 0.15) is 5.56 Å². The number of hydrogen-bond acceptors (Lipinski definition) is 4. The zero-order valence-electron chi connectivity index (χ0n) is 11.0. The molecule has 3 rings (SSSR count). The molecular formula is C14H9ClF2N4O. The Morgan fingerprint density at radius 1 is 1.00 bits per heavy atom. The fourth-order valence-electron chi connectivity index (χ4n) is 1.80. The smallest absolute Gasteiger partial charge is 0.316 e. The highest BCUT2D eigenvalue weighted by Crippen LogP contribution is 2.27. The van der Waals surface area contributed by atoms with Gasteiger partial charge >= 0.3 is 6.11 Å². The van der Waals surface area contributed by atoms with Crippen LogP contribution in [0.3, 0.4) is 0 Å². The van der Waals surface area contributed by atoms with Crippen molar-refractivity contribution >= 4 is 11.6 Å². The molecule has 22 heavy (non-hydrogen) atoms. The van der Waals surface area contributed by atoms with Crippen LogP contribution in [0.5, 0.6) is 0 Å². The molecule has 0 spiro atoms. The first kappa shape index (κ1) is 14.4. The van der Waals surface area contributed by atoms with E-state index in [1.165, 1.54) is 24.3 Å². The van der Waals surface area contributed by atoms with Gasteiger partial charge in [-0.25, -0.2) is 0 Å². The maximum Gasteiger partial charge on any atom is 0.446 e. The Labute approximate surface area is 129 Å². The van der Waals surface area contributed by atoms with Gasteiger partial charge in [-0.05, 0) is 46.8 Å². The molecule has 0 unspecified atom stereocenters. The van der Waals surface area contributed by atoms with Crippen molar-refractivity contribution in [1.29, 1.82) is 0 Å². The highest BCUT2D eigenvalue weighted by atomic mass is 35.5. The fourth-order valence-corrected chi connectivity index (χ4v) is 1.93. The molecule has 8 heteroatoms. The third-order valence-electron chi connectivity index (χ3n) is 2.86. The van der Waals surface area contributed by atoms with Gasteiger partial charge < -0.3 is 4.84 Å². The SMILES string of the molecule is FC(F)(On1nnnc1-c1ccc(Cl)cc1)c1ccccc1. The monoisotopic (exact) mass is 322 g/mol. The minimum absolute atomic E-state index is 0.0484. The van der Waals surface area contributed by atoms with Crippen LogP contribution in [0, 0.1) is 0 Å². The number of hydrogen-bond donors (Lipinski definition) is 0. The van der Waals surface area contributed by atoms with Crippen LogP contribution < -0.4 is 4.84 Å². The Kier molecular flexibility index (Phi) is 3.72. The van der Waals surface area contributed by atoms with E-state index < -0.39 is 6.11 Å². The number of tetrazole rings is 1. The third kappa shape index (κ3) is 2.89. The predicted molar refractivity (Wildman–Crippen MR) is 75.2 cm³/mol. The van der Waals surface area contributed by atoms with E-state index in [0.29, 0.717) is 15.4 Å². The Balaban J connectivity index is 1.91. The highest BCUT2D eigenvalue weighted by molar-refractivity contribution is 6.30. The molecule has 0 atom stereocenters. The molecule has 0 saturated heterocycles. The summed E-state index contributed by atoms with van der Waals surface area (Å²) in [4.78, 5) is 5.25. The van der Waals surface area contributed by atoms with E-state index in [9.17, 15) is 8.78 Å². The van der Waals surface area contributed by atoms with Crippen LogP contribution >= 0.6 is 11.6 Å². The summed E-state index contributed by atoms with van der Waals surface area (Å²) in [5.41, 5.74) is 0.200. The van der Waals surface area contributed by atoms with E-state index in [-0.39, 0.29) is 11.4 Å². The fraction of sp³-hybridized carbons (Fsp3) is 0.0714. The lowest BCUT2D eigenvalue weighted by molar-refractivity contribution is -0.255. The quantitative estimate of drug-likeness (QED) is 0.740. The number of halogens is 3. The normalized spacial score (nSPS) is 11.4. The van der Waals surface area contributed by atoms with Gasteiger partial charge in [0.2, 0.25) is 5.82 Å². The molecule has 0 aliphatic heterocycles. The number of aromatic nitrogens is 4. The predicted octanol–water partition coefficient (Wildman–Crippen LogP) is 3.17. The Morgan fingerprint density at radius 3 is 2.36 bits per heavy atom. The number of rotatable bonds is 4. The van der Waals surface area contributed by atoms with Gasteiger partial charge in [-0.15, -0.1) is 5.10 Å². The van der Waals surface area contributed by atoms with Crippen LogP contribution in [-0.2, 0) is 6.11 Å². The largest absolute Gasteiger partial charge is 0.446 e. The number of alkyl halides is 2. The van der Waals surface area contributed by atoms with Crippen molar-refractivity contribution in [1.82, 2.24) is 20.4 Å². The molecule has 0 amide bonds. The molecule has 1 aromatic heterocycles. The molecule has 0 N–H and O–H groups in total. The summed E-state index contributed by atoms with van der Waals surface area (Å²) in [7, 11) is 0. The average molecular weight is 323 g/mol. The summed E-state index contributed by atoms with van der Waals surface area (Å²) in [5.74, 6) is 0.0484. The first-order chi connectivity index (χ1) is 10.6. The molecule has 0 fully saturated rings. The van der Waals surface area contributed by atoms with Crippen molar-refractivity contribution in [3.05, 3.63) is 65.2 Å². The van der Waals surface area contributed by atoms with E-state index in [0.717, 1.165) is 0 Å². The molecule has 3 aromatic rings. The lowest BCUT2D eigenvalue weighted by Gasteiger charge is -2.17. The summed E-state index contributed by atoms with van der Waals surface area (Å²) in [5, 5.41) is 11.0.